The number of rotatable bonds is 1. The van der Waals surface area contributed by atoms with Gasteiger partial charge in [-0.15, -0.1) is 0 Å². The highest BCUT2D eigenvalue weighted by molar-refractivity contribution is 5.49. The molecule has 0 radical (unpaired) electrons. The Morgan fingerprint density at radius 3 is 2.73 bits per heavy atom. The van der Waals surface area contributed by atoms with Crippen LogP contribution >= 0.6 is 0 Å². The Bertz CT molecular complexity index is 554. The fraction of sp³-hybridized carbons (Fsp3) is 0. The molecule has 0 aliphatic carbocycles. The van der Waals surface area contributed by atoms with E-state index in [4.69, 9.17) is 10.5 Å². The monoisotopic (exact) mass is 198 g/mol. The molecule has 0 atom stereocenters. The van der Waals surface area contributed by atoms with Crippen molar-refractivity contribution in [2.24, 2.45) is 0 Å². The van der Waals surface area contributed by atoms with E-state index >= 15 is 0 Å². The van der Waals surface area contributed by atoms with Crippen LogP contribution in [0.25, 0.3) is 0 Å². The largest absolute Gasteiger partial charge is 0.306 e. The van der Waals surface area contributed by atoms with Gasteiger partial charge in [0.1, 0.15) is 6.07 Å². The molecular formula is C9H2N4O2. The molecule has 0 fully saturated rings. The third-order valence-corrected chi connectivity index (χ3v) is 1.43. The van der Waals surface area contributed by atoms with Gasteiger partial charge in [-0.25, -0.2) is 4.98 Å². The van der Waals surface area contributed by atoms with Crippen LogP contribution in [0.15, 0.2) is 12.3 Å². The van der Waals surface area contributed by atoms with Gasteiger partial charge in [0.15, 0.2) is 6.07 Å². The lowest BCUT2D eigenvalue weighted by atomic mass is 10.2. The van der Waals surface area contributed by atoms with Gasteiger partial charge in [0.2, 0.25) is 5.69 Å². The van der Waals surface area contributed by atoms with Crippen molar-refractivity contribution in [2.75, 3.05) is 0 Å². The molecule has 6 heteroatoms. The molecule has 0 amide bonds. The topological polar surface area (TPSA) is 104 Å². The first kappa shape index (κ1) is 10.2. The van der Waals surface area contributed by atoms with E-state index in [0.717, 1.165) is 6.07 Å². The summed E-state index contributed by atoms with van der Waals surface area (Å²) in [4.78, 5) is 13.3. The van der Waals surface area contributed by atoms with Crippen LogP contribution in [0.1, 0.15) is 11.3 Å². The lowest BCUT2D eigenvalue weighted by Gasteiger charge is -1.93. The van der Waals surface area contributed by atoms with Crippen LogP contribution in [-0.2, 0) is 0 Å². The van der Waals surface area contributed by atoms with Gasteiger partial charge in [-0.05, 0) is 5.92 Å². The number of pyridine rings is 1. The van der Waals surface area contributed by atoms with Crippen molar-refractivity contribution >= 4 is 5.69 Å². The minimum Gasteiger partial charge on any atom is -0.258 e. The summed E-state index contributed by atoms with van der Waals surface area (Å²) in [6.45, 7) is 0. The van der Waals surface area contributed by atoms with E-state index < -0.39 is 10.6 Å². The van der Waals surface area contributed by atoms with Gasteiger partial charge in [-0.3, -0.25) is 10.1 Å². The zero-order chi connectivity index (χ0) is 11.3. The maximum absolute atomic E-state index is 10.5. The predicted molar refractivity (Wildman–Crippen MR) is 48.1 cm³/mol. The summed E-state index contributed by atoms with van der Waals surface area (Å²) in [5, 5.41) is 27.2. The molecule has 0 aromatic carbocycles. The highest BCUT2D eigenvalue weighted by atomic mass is 16.6. The zero-order valence-electron chi connectivity index (χ0n) is 7.26. The van der Waals surface area contributed by atoms with E-state index in [-0.39, 0.29) is 11.3 Å². The van der Waals surface area contributed by atoms with Crippen LogP contribution in [0, 0.1) is 44.6 Å². The van der Waals surface area contributed by atoms with Crippen molar-refractivity contribution in [3.8, 4) is 24.0 Å². The van der Waals surface area contributed by atoms with Gasteiger partial charge in [0.25, 0.3) is 0 Å². The smallest absolute Gasteiger partial charge is 0.258 e. The van der Waals surface area contributed by atoms with Crippen molar-refractivity contribution in [3.63, 3.8) is 0 Å². The van der Waals surface area contributed by atoms with Gasteiger partial charge in [-0.1, -0.05) is 0 Å². The van der Waals surface area contributed by atoms with Crippen molar-refractivity contribution in [2.45, 2.75) is 0 Å². The number of nitrogens with zero attached hydrogens (tertiary/aromatic N) is 4. The Labute approximate surface area is 84.5 Å². The maximum Gasteiger partial charge on any atom is 0.306 e. The Morgan fingerprint density at radius 2 is 2.20 bits per heavy atom. The molecule has 0 saturated heterocycles. The molecule has 6 nitrogen and oxygen atoms in total. The fourth-order valence-corrected chi connectivity index (χ4v) is 0.847. The molecule has 0 unspecified atom stereocenters. The first-order valence-electron chi connectivity index (χ1n) is 3.63. The molecule has 1 aromatic rings. The molecule has 0 aliphatic rings. The Balaban J connectivity index is 3.31. The summed E-state index contributed by atoms with van der Waals surface area (Å²) in [5.41, 5.74) is -0.466. The lowest BCUT2D eigenvalue weighted by Crippen LogP contribution is -1.95. The average Bonchev–Trinajstić information content (AvgIpc) is 2.25. The summed E-state index contributed by atoms with van der Waals surface area (Å²) in [6.07, 6.45) is 1.20. The van der Waals surface area contributed by atoms with E-state index in [1.54, 1.807) is 12.1 Å². The second-order valence-corrected chi connectivity index (χ2v) is 2.32. The summed E-state index contributed by atoms with van der Waals surface area (Å²) < 4.78 is 0. The van der Waals surface area contributed by atoms with Gasteiger partial charge in [-0.2, -0.15) is 10.5 Å². The Hall–Kier alpha value is -2.91. The van der Waals surface area contributed by atoms with Crippen LogP contribution in [0.4, 0.5) is 5.69 Å². The second-order valence-electron chi connectivity index (χ2n) is 2.32. The summed E-state index contributed by atoms with van der Waals surface area (Å²) in [6, 6.07) is 4.27. The minimum absolute atomic E-state index is 0.224. The van der Waals surface area contributed by atoms with Crippen molar-refractivity contribution in [1.82, 2.24) is 4.98 Å². The molecule has 1 aromatic heterocycles. The summed E-state index contributed by atoms with van der Waals surface area (Å²) >= 11 is 0. The molecule has 0 bridgehead atoms. The molecule has 0 N–H and O–H groups in total. The van der Waals surface area contributed by atoms with Crippen molar-refractivity contribution < 1.29 is 4.92 Å². The molecule has 0 aliphatic heterocycles. The number of hydrogen-bond acceptors (Lipinski definition) is 5. The van der Waals surface area contributed by atoms with Gasteiger partial charge in [0, 0.05) is 18.2 Å². The Morgan fingerprint density at radius 1 is 1.47 bits per heavy atom. The van der Waals surface area contributed by atoms with E-state index in [2.05, 4.69) is 16.8 Å². The van der Waals surface area contributed by atoms with E-state index in [1.165, 1.54) is 6.20 Å². The Kier molecular flexibility index (Phi) is 2.96. The molecule has 1 heterocycles. The van der Waals surface area contributed by atoms with Crippen LogP contribution in [0.2, 0.25) is 0 Å². The van der Waals surface area contributed by atoms with E-state index in [1.807, 2.05) is 0 Å². The fourth-order valence-electron chi connectivity index (χ4n) is 0.847. The number of aromatic nitrogens is 1. The quantitative estimate of drug-likeness (QED) is 0.376. The minimum atomic E-state index is -0.719. The molecule has 70 valence electrons. The molecule has 1 rings (SSSR count). The first-order chi connectivity index (χ1) is 7.19. The zero-order valence-corrected chi connectivity index (χ0v) is 7.26. The van der Waals surface area contributed by atoms with Gasteiger partial charge >= 0.3 is 5.69 Å². The predicted octanol–water partition coefficient (Wildman–Crippen LogP) is 0.737. The number of nitro groups is 1. The molecule has 15 heavy (non-hydrogen) atoms. The van der Waals surface area contributed by atoms with E-state index in [0.29, 0.717) is 0 Å². The van der Waals surface area contributed by atoms with E-state index in [9.17, 15) is 10.1 Å². The van der Waals surface area contributed by atoms with Gasteiger partial charge in [0.05, 0.1) is 10.5 Å². The SMILES string of the molecule is N#CC#Cc1cnc(C#N)c([N+](=O)[O-])c1. The van der Waals surface area contributed by atoms with Gasteiger partial charge < -0.3 is 0 Å². The van der Waals surface area contributed by atoms with Crippen molar-refractivity contribution in [3.05, 3.63) is 33.6 Å². The number of hydrogen-bond donors (Lipinski definition) is 0. The first-order valence-corrected chi connectivity index (χ1v) is 3.63. The summed E-state index contributed by atoms with van der Waals surface area (Å²) in [7, 11) is 0. The van der Waals surface area contributed by atoms with Crippen LogP contribution in [-0.4, -0.2) is 9.91 Å². The normalized spacial score (nSPS) is 7.87. The maximum atomic E-state index is 10.5. The number of nitriles is 2. The molecule has 0 spiro atoms. The standard InChI is InChI=1S/C9H2N4O2/c10-3-1-2-7-4-9(13(14)15)8(5-11)12-6-7/h4,6H. The van der Waals surface area contributed by atoms with Crippen LogP contribution < -0.4 is 0 Å². The second kappa shape index (κ2) is 4.36. The highest BCUT2D eigenvalue weighted by Gasteiger charge is 2.14. The molecule has 0 saturated carbocycles. The molecular weight excluding hydrogens is 196 g/mol. The summed E-state index contributed by atoms with van der Waals surface area (Å²) in [5.74, 6) is 4.43. The lowest BCUT2D eigenvalue weighted by molar-refractivity contribution is -0.385. The van der Waals surface area contributed by atoms with Crippen molar-refractivity contribution in [1.29, 1.82) is 10.5 Å². The van der Waals surface area contributed by atoms with Crippen LogP contribution in [0.5, 0.6) is 0 Å². The third-order valence-electron chi connectivity index (χ3n) is 1.43. The van der Waals surface area contributed by atoms with Crippen LogP contribution in [0.3, 0.4) is 0 Å². The third kappa shape index (κ3) is 2.27. The highest BCUT2D eigenvalue weighted by Crippen LogP contribution is 2.16. The average molecular weight is 198 g/mol.